The summed E-state index contributed by atoms with van der Waals surface area (Å²) in [5.74, 6) is -1.37. The molecule has 6 heteroatoms. The Kier molecular flexibility index (Phi) is 10.9. The van der Waals surface area contributed by atoms with E-state index in [-0.39, 0.29) is 6.42 Å². The number of anilines is 2. The fourth-order valence-electron chi connectivity index (χ4n) is 3.87. The molecule has 0 amide bonds. The fraction of sp³-hybridized carbons (Fsp3) is 0.500. The molecule has 0 saturated heterocycles. The van der Waals surface area contributed by atoms with Crippen molar-refractivity contribution in [3.63, 3.8) is 0 Å². The number of unbranched alkanes of at least 4 members (excludes halogenated alkanes) is 7. The average molecular weight is 443 g/mol. The van der Waals surface area contributed by atoms with Crippen LogP contribution in [-0.4, -0.2) is 22.8 Å². The molecule has 32 heavy (non-hydrogen) atoms. The van der Waals surface area contributed by atoms with E-state index in [1.54, 1.807) is 42.5 Å². The van der Waals surface area contributed by atoms with E-state index in [0.29, 0.717) is 29.1 Å². The predicted molar refractivity (Wildman–Crippen MR) is 130 cm³/mol. The number of aliphatic carboxylic acids is 1. The molecule has 0 spiro atoms. The molecule has 0 fully saturated rings. The minimum Gasteiger partial charge on any atom is -0.494 e. The molecule has 2 aromatic carbocycles. The number of hydrogen-bond donors (Lipinski definition) is 4. The fourth-order valence-corrected chi connectivity index (χ4v) is 3.87. The van der Waals surface area contributed by atoms with E-state index in [1.807, 2.05) is 0 Å². The van der Waals surface area contributed by atoms with Crippen LogP contribution in [0.5, 0.6) is 5.75 Å². The zero-order valence-corrected chi connectivity index (χ0v) is 19.1. The van der Waals surface area contributed by atoms with Gasteiger partial charge in [-0.05, 0) is 54.3 Å². The van der Waals surface area contributed by atoms with Gasteiger partial charge in [-0.25, -0.2) is 0 Å². The molecule has 0 aromatic heterocycles. The van der Waals surface area contributed by atoms with Gasteiger partial charge in [0, 0.05) is 11.4 Å². The quantitative estimate of drug-likeness (QED) is 0.218. The highest BCUT2D eigenvalue weighted by Gasteiger charge is 2.28. The van der Waals surface area contributed by atoms with E-state index >= 15 is 0 Å². The lowest BCUT2D eigenvalue weighted by Gasteiger charge is -2.20. The maximum Gasteiger partial charge on any atom is 0.309 e. The maximum absolute atomic E-state index is 11.8. The molecule has 0 aliphatic carbocycles. The first-order valence-electron chi connectivity index (χ1n) is 11.7. The molecule has 176 valence electrons. The van der Waals surface area contributed by atoms with Gasteiger partial charge in [-0.3, -0.25) is 4.79 Å². The van der Waals surface area contributed by atoms with Crippen LogP contribution in [0.2, 0.25) is 0 Å². The van der Waals surface area contributed by atoms with Crippen molar-refractivity contribution in [3.8, 4) is 5.75 Å². The monoisotopic (exact) mass is 442 g/mol. The number of carbonyl (C=O) groups is 1. The maximum atomic E-state index is 11.8. The molecular formula is C26H38N2O4. The molecule has 0 heterocycles. The van der Waals surface area contributed by atoms with Crippen LogP contribution in [0.3, 0.4) is 0 Å². The Morgan fingerprint density at radius 3 is 2.03 bits per heavy atom. The number of hydrogen-bond acceptors (Lipinski definition) is 5. The van der Waals surface area contributed by atoms with Gasteiger partial charge in [0.15, 0.2) is 0 Å². The van der Waals surface area contributed by atoms with Gasteiger partial charge in [0.25, 0.3) is 0 Å². The molecule has 6 nitrogen and oxygen atoms in total. The first-order chi connectivity index (χ1) is 15.4. The molecule has 2 aromatic rings. The van der Waals surface area contributed by atoms with Crippen molar-refractivity contribution in [2.45, 2.75) is 70.8 Å². The van der Waals surface area contributed by atoms with Crippen LogP contribution in [0.15, 0.2) is 42.5 Å². The minimum absolute atomic E-state index is 0.127. The standard InChI is InChI=1S/C26H38N2O4/c1-2-3-4-5-6-7-8-9-14-32-23-12-10-20(11-13-23)25(29)24(26(30)31)17-19-15-21(27)18-22(28)16-19/h10-13,15-16,18,24-25,29H,2-9,14,17,27-28H2,1H3,(H,30,31). The van der Waals surface area contributed by atoms with Gasteiger partial charge in [0.1, 0.15) is 5.75 Å². The number of aliphatic hydroxyl groups is 1. The number of nitrogen functional groups attached to an aromatic ring is 2. The summed E-state index contributed by atoms with van der Waals surface area (Å²) >= 11 is 0. The van der Waals surface area contributed by atoms with Crippen molar-refractivity contribution in [1.29, 1.82) is 0 Å². The molecule has 0 aliphatic rings. The van der Waals surface area contributed by atoms with Gasteiger partial charge in [0.05, 0.1) is 18.6 Å². The number of carboxylic acids is 1. The van der Waals surface area contributed by atoms with Gasteiger partial charge >= 0.3 is 5.97 Å². The third kappa shape index (κ3) is 8.79. The molecular weight excluding hydrogens is 404 g/mol. The first kappa shape index (κ1) is 25.5. The lowest BCUT2D eigenvalue weighted by Crippen LogP contribution is -2.24. The normalized spacial score (nSPS) is 12.9. The van der Waals surface area contributed by atoms with Crippen molar-refractivity contribution in [1.82, 2.24) is 0 Å². The predicted octanol–water partition coefficient (Wildman–Crippen LogP) is 5.35. The van der Waals surface area contributed by atoms with E-state index in [9.17, 15) is 15.0 Å². The van der Waals surface area contributed by atoms with Gasteiger partial charge in [-0.1, -0.05) is 64.0 Å². The van der Waals surface area contributed by atoms with Crippen LogP contribution in [0.4, 0.5) is 11.4 Å². The van der Waals surface area contributed by atoms with E-state index in [4.69, 9.17) is 16.2 Å². The van der Waals surface area contributed by atoms with Gasteiger partial charge in [-0.15, -0.1) is 0 Å². The number of aliphatic hydroxyl groups excluding tert-OH is 1. The second kappa shape index (κ2) is 13.6. The van der Waals surface area contributed by atoms with E-state index in [2.05, 4.69) is 6.92 Å². The molecule has 2 rings (SSSR count). The van der Waals surface area contributed by atoms with Gasteiger partial charge in [0.2, 0.25) is 0 Å². The Hall–Kier alpha value is -2.73. The van der Waals surface area contributed by atoms with Crippen molar-refractivity contribution in [2.75, 3.05) is 18.1 Å². The van der Waals surface area contributed by atoms with Crippen LogP contribution in [-0.2, 0) is 11.2 Å². The third-order valence-electron chi connectivity index (χ3n) is 5.68. The summed E-state index contributed by atoms with van der Waals surface area (Å²) < 4.78 is 5.79. The summed E-state index contributed by atoms with van der Waals surface area (Å²) in [5, 5.41) is 20.4. The molecule has 2 unspecified atom stereocenters. The van der Waals surface area contributed by atoms with Crippen molar-refractivity contribution in [3.05, 3.63) is 53.6 Å². The second-order valence-corrected chi connectivity index (χ2v) is 8.49. The highest BCUT2D eigenvalue weighted by molar-refractivity contribution is 5.72. The molecule has 2 atom stereocenters. The summed E-state index contributed by atoms with van der Waals surface area (Å²) in [6.07, 6.45) is 8.95. The zero-order valence-electron chi connectivity index (χ0n) is 19.1. The summed E-state index contributed by atoms with van der Waals surface area (Å²) in [6, 6.07) is 12.0. The Balaban J connectivity index is 1.82. The summed E-state index contributed by atoms with van der Waals surface area (Å²) in [7, 11) is 0. The van der Waals surface area contributed by atoms with Crippen LogP contribution < -0.4 is 16.2 Å². The minimum atomic E-state index is -1.16. The highest BCUT2D eigenvalue weighted by Crippen LogP contribution is 2.28. The number of benzene rings is 2. The molecule has 0 aliphatic heterocycles. The lowest BCUT2D eigenvalue weighted by molar-refractivity contribution is -0.145. The third-order valence-corrected chi connectivity index (χ3v) is 5.68. The van der Waals surface area contributed by atoms with Crippen LogP contribution >= 0.6 is 0 Å². The highest BCUT2D eigenvalue weighted by atomic mass is 16.5. The Morgan fingerprint density at radius 1 is 0.906 bits per heavy atom. The summed E-state index contributed by atoms with van der Waals surface area (Å²) in [6.45, 7) is 2.89. The number of nitrogens with two attached hydrogens (primary N) is 2. The summed E-state index contributed by atoms with van der Waals surface area (Å²) in [5.41, 5.74) is 13.8. The average Bonchev–Trinajstić information content (AvgIpc) is 2.75. The first-order valence-corrected chi connectivity index (χ1v) is 11.7. The van der Waals surface area contributed by atoms with Gasteiger partial charge < -0.3 is 26.4 Å². The van der Waals surface area contributed by atoms with E-state index < -0.39 is 18.0 Å². The topological polar surface area (TPSA) is 119 Å². The molecule has 6 N–H and O–H groups in total. The Labute approximate surface area is 191 Å². The Morgan fingerprint density at radius 2 is 1.47 bits per heavy atom. The Bertz CT molecular complexity index is 803. The molecule has 0 saturated carbocycles. The van der Waals surface area contributed by atoms with Crippen LogP contribution in [0.1, 0.15) is 75.5 Å². The molecule has 0 radical (unpaired) electrons. The lowest BCUT2D eigenvalue weighted by atomic mass is 9.89. The van der Waals surface area contributed by atoms with E-state index in [0.717, 1.165) is 18.6 Å². The van der Waals surface area contributed by atoms with E-state index in [1.165, 1.54) is 38.5 Å². The zero-order chi connectivity index (χ0) is 23.3. The van der Waals surface area contributed by atoms with Crippen LogP contribution in [0.25, 0.3) is 0 Å². The molecule has 0 bridgehead atoms. The van der Waals surface area contributed by atoms with Crippen molar-refractivity contribution < 1.29 is 19.7 Å². The second-order valence-electron chi connectivity index (χ2n) is 8.49. The SMILES string of the molecule is CCCCCCCCCCOc1ccc(C(O)C(Cc2cc(N)cc(N)c2)C(=O)O)cc1. The number of carboxylic acid groups (broad SMARTS) is 1. The largest absolute Gasteiger partial charge is 0.494 e. The van der Waals surface area contributed by atoms with Crippen molar-refractivity contribution >= 4 is 17.3 Å². The van der Waals surface area contributed by atoms with Crippen molar-refractivity contribution in [2.24, 2.45) is 5.92 Å². The number of rotatable bonds is 15. The number of ether oxygens (including phenoxy) is 1. The summed E-state index contributed by atoms with van der Waals surface area (Å²) in [4.78, 5) is 11.8. The van der Waals surface area contributed by atoms with Crippen LogP contribution in [0, 0.1) is 5.92 Å². The van der Waals surface area contributed by atoms with Gasteiger partial charge in [-0.2, -0.15) is 0 Å². The smallest absolute Gasteiger partial charge is 0.309 e.